The summed E-state index contributed by atoms with van der Waals surface area (Å²) in [6.45, 7) is 1.56. The van der Waals surface area contributed by atoms with Gasteiger partial charge in [-0.3, -0.25) is 9.71 Å². The van der Waals surface area contributed by atoms with E-state index in [1.807, 2.05) is 36.4 Å². The minimum absolute atomic E-state index is 0.0494. The molecule has 6 heteroatoms. The third-order valence-electron chi connectivity index (χ3n) is 3.70. The van der Waals surface area contributed by atoms with Gasteiger partial charge in [-0.05, 0) is 66.6 Å². The molecule has 0 saturated carbocycles. The van der Waals surface area contributed by atoms with Gasteiger partial charge in [0.1, 0.15) is 5.82 Å². The lowest BCUT2D eigenvalue weighted by Gasteiger charge is -2.11. The first-order valence-electron chi connectivity index (χ1n) is 7.92. The smallest absolute Gasteiger partial charge is 0.262 e. The fourth-order valence-corrected chi connectivity index (χ4v) is 3.76. The van der Waals surface area contributed by atoms with E-state index in [0.29, 0.717) is 11.3 Å². The highest BCUT2D eigenvalue weighted by molar-refractivity contribution is 7.92. The Morgan fingerprint density at radius 1 is 1.00 bits per heavy atom. The van der Waals surface area contributed by atoms with Gasteiger partial charge in [0.05, 0.1) is 10.6 Å². The first-order valence-corrected chi connectivity index (χ1v) is 9.40. The van der Waals surface area contributed by atoms with Crippen LogP contribution in [0.3, 0.4) is 0 Å². The summed E-state index contributed by atoms with van der Waals surface area (Å²) in [4.78, 5) is 4.25. The van der Waals surface area contributed by atoms with Crippen LogP contribution in [-0.2, 0) is 10.0 Å². The number of pyridine rings is 1. The molecule has 3 rings (SSSR count). The van der Waals surface area contributed by atoms with Crippen LogP contribution in [-0.4, -0.2) is 13.4 Å². The molecule has 0 aliphatic carbocycles. The fourth-order valence-electron chi connectivity index (χ4n) is 2.49. The van der Waals surface area contributed by atoms with Gasteiger partial charge in [0.15, 0.2) is 0 Å². The zero-order chi connectivity index (χ0) is 18.6. The number of aromatic nitrogens is 1. The molecule has 0 spiro atoms. The topological polar surface area (TPSA) is 59.1 Å². The van der Waals surface area contributed by atoms with Gasteiger partial charge in [0.2, 0.25) is 0 Å². The number of anilines is 1. The van der Waals surface area contributed by atoms with Crippen LogP contribution in [0.15, 0.2) is 71.8 Å². The van der Waals surface area contributed by atoms with E-state index >= 15 is 0 Å². The number of halogens is 1. The largest absolute Gasteiger partial charge is 0.280 e. The maximum absolute atomic E-state index is 13.2. The van der Waals surface area contributed by atoms with E-state index in [-0.39, 0.29) is 4.90 Å². The lowest BCUT2D eigenvalue weighted by Crippen LogP contribution is -2.14. The van der Waals surface area contributed by atoms with Gasteiger partial charge in [-0.1, -0.05) is 24.3 Å². The standard InChI is InChI=1S/C20H17FN2O2S/c1-15-13-17(21)9-11-20(15)26(24,25)23-19-7-4-5-16(14-19)8-10-18-6-2-3-12-22-18/h2-14,23H,1H3/b10-8+. The van der Waals surface area contributed by atoms with Crippen molar-refractivity contribution in [3.63, 3.8) is 0 Å². The molecule has 26 heavy (non-hydrogen) atoms. The zero-order valence-electron chi connectivity index (χ0n) is 14.1. The Morgan fingerprint density at radius 2 is 1.85 bits per heavy atom. The Morgan fingerprint density at radius 3 is 2.58 bits per heavy atom. The van der Waals surface area contributed by atoms with Crippen molar-refractivity contribution in [1.29, 1.82) is 0 Å². The molecule has 0 radical (unpaired) electrons. The highest BCUT2D eigenvalue weighted by Gasteiger charge is 2.17. The van der Waals surface area contributed by atoms with Crippen molar-refractivity contribution in [3.05, 3.63) is 89.5 Å². The van der Waals surface area contributed by atoms with Crippen LogP contribution in [0, 0.1) is 12.7 Å². The third kappa shape index (κ3) is 4.34. The van der Waals surface area contributed by atoms with E-state index in [9.17, 15) is 12.8 Å². The average Bonchev–Trinajstić information content (AvgIpc) is 2.60. The molecule has 0 atom stereocenters. The van der Waals surface area contributed by atoms with Gasteiger partial charge in [0.25, 0.3) is 10.0 Å². The molecule has 2 aromatic carbocycles. The molecule has 3 aromatic rings. The summed E-state index contributed by atoms with van der Waals surface area (Å²) in [5, 5.41) is 0. The minimum atomic E-state index is -3.80. The van der Waals surface area contributed by atoms with E-state index in [0.717, 1.165) is 17.3 Å². The van der Waals surface area contributed by atoms with E-state index < -0.39 is 15.8 Å². The second-order valence-electron chi connectivity index (χ2n) is 5.73. The number of benzene rings is 2. The molecule has 0 unspecified atom stereocenters. The lowest BCUT2D eigenvalue weighted by molar-refractivity contribution is 0.598. The van der Waals surface area contributed by atoms with Crippen molar-refractivity contribution in [2.45, 2.75) is 11.8 Å². The number of aryl methyl sites for hydroxylation is 1. The first kappa shape index (κ1) is 17.8. The monoisotopic (exact) mass is 368 g/mol. The van der Waals surface area contributed by atoms with Gasteiger partial charge < -0.3 is 0 Å². The Kier molecular flexibility index (Phi) is 5.14. The second-order valence-corrected chi connectivity index (χ2v) is 7.38. The van der Waals surface area contributed by atoms with Crippen molar-refractivity contribution in [2.24, 2.45) is 0 Å². The van der Waals surface area contributed by atoms with Gasteiger partial charge in [-0.25, -0.2) is 12.8 Å². The molecule has 1 heterocycles. The van der Waals surface area contributed by atoms with Gasteiger partial charge in [-0.2, -0.15) is 0 Å². The molecule has 1 aromatic heterocycles. The number of hydrogen-bond acceptors (Lipinski definition) is 3. The highest BCUT2D eigenvalue weighted by atomic mass is 32.2. The number of nitrogens with zero attached hydrogens (tertiary/aromatic N) is 1. The molecule has 132 valence electrons. The Hall–Kier alpha value is -2.99. The average molecular weight is 368 g/mol. The highest BCUT2D eigenvalue weighted by Crippen LogP contribution is 2.21. The Labute approximate surface area is 152 Å². The summed E-state index contributed by atoms with van der Waals surface area (Å²) >= 11 is 0. The molecule has 0 aliphatic heterocycles. The normalized spacial score (nSPS) is 11.6. The number of rotatable bonds is 5. The maximum Gasteiger partial charge on any atom is 0.262 e. The van der Waals surface area contributed by atoms with Gasteiger partial charge in [0, 0.05) is 11.9 Å². The molecule has 0 amide bonds. The molecular weight excluding hydrogens is 351 g/mol. The van der Waals surface area contributed by atoms with Crippen LogP contribution < -0.4 is 4.72 Å². The van der Waals surface area contributed by atoms with E-state index in [1.54, 1.807) is 31.3 Å². The molecule has 0 saturated heterocycles. The third-order valence-corrected chi connectivity index (χ3v) is 5.24. The van der Waals surface area contributed by atoms with E-state index in [1.165, 1.54) is 12.1 Å². The predicted molar refractivity (Wildman–Crippen MR) is 102 cm³/mol. The lowest BCUT2D eigenvalue weighted by atomic mass is 10.2. The van der Waals surface area contributed by atoms with Gasteiger partial charge >= 0.3 is 0 Å². The van der Waals surface area contributed by atoms with E-state index in [4.69, 9.17) is 0 Å². The fraction of sp³-hybridized carbons (Fsp3) is 0.0500. The SMILES string of the molecule is Cc1cc(F)ccc1S(=O)(=O)Nc1cccc(/C=C/c2ccccn2)c1. The van der Waals surface area contributed by atoms with Crippen molar-refractivity contribution in [1.82, 2.24) is 4.98 Å². The zero-order valence-corrected chi connectivity index (χ0v) is 14.9. The molecule has 0 aliphatic rings. The summed E-state index contributed by atoms with van der Waals surface area (Å²) < 4.78 is 40.9. The van der Waals surface area contributed by atoms with Gasteiger partial charge in [-0.15, -0.1) is 0 Å². The quantitative estimate of drug-likeness (QED) is 0.721. The maximum atomic E-state index is 13.2. The van der Waals surface area contributed by atoms with Crippen molar-refractivity contribution >= 4 is 27.9 Å². The van der Waals surface area contributed by atoms with Crippen LogP contribution >= 0.6 is 0 Å². The molecule has 4 nitrogen and oxygen atoms in total. The van der Waals surface area contributed by atoms with Crippen LogP contribution in [0.2, 0.25) is 0 Å². The predicted octanol–water partition coefficient (Wildman–Crippen LogP) is 4.50. The van der Waals surface area contributed by atoms with E-state index in [2.05, 4.69) is 9.71 Å². The summed E-state index contributed by atoms with van der Waals surface area (Å²) in [5.41, 5.74) is 2.41. The van der Waals surface area contributed by atoms with Crippen LogP contribution in [0.1, 0.15) is 16.8 Å². The summed E-state index contributed by atoms with van der Waals surface area (Å²) in [7, 11) is -3.80. The number of hydrogen-bond donors (Lipinski definition) is 1. The minimum Gasteiger partial charge on any atom is -0.280 e. The van der Waals surface area contributed by atoms with Crippen molar-refractivity contribution in [2.75, 3.05) is 4.72 Å². The second kappa shape index (κ2) is 7.49. The van der Waals surface area contributed by atoms with Crippen molar-refractivity contribution < 1.29 is 12.8 Å². The molecule has 0 bridgehead atoms. The summed E-state index contributed by atoms with van der Waals surface area (Å²) in [6.07, 6.45) is 5.40. The van der Waals surface area contributed by atoms with Crippen LogP contribution in [0.4, 0.5) is 10.1 Å². The number of sulfonamides is 1. The van der Waals surface area contributed by atoms with Crippen molar-refractivity contribution in [3.8, 4) is 0 Å². The summed E-state index contributed by atoms with van der Waals surface area (Å²) in [6, 6.07) is 16.2. The van der Waals surface area contributed by atoms with Crippen LogP contribution in [0.25, 0.3) is 12.2 Å². The Balaban J connectivity index is 1.83. The Bertz CT molecular complexity index is 1050. The molecular formula is C20H17FN2O2S. The summed E-state index contributed by atoms with van der Waals surface area (Å²) in [5.74, 6) is -0.469. The molecule has 0 fully saturated rings. The number of nitrogens with one attached hydrogen (secondary N) is 1. The first-order chi connectivity index (χ1) is 12.4. The van der Waals surface area contributed by atoms with Crippen LogP contribution in [0.5, 0.6) is 0 Å². The molecule has 1 N–H and O–H groups in total.